The van der Waals surface area contributed by atoms with Gasteiger partial charge in [-0.2, -0.15) is 0 Å². The number of para-hydroxylation sites is 1. The number of aryl methyl sites for hydroxylation is 2. The maximum absolute atomic E-state index is 6.24. The van der Waals surface area contributed by atoms with Crippen LogP contribution in [0.25, 0.3) is 5.69 Å². The number of benzene rings is 2. The Kier molecular flexibility index (Phi) is 6.66. The molecule has 2 atom stereocenters. The van der Waals surface area contributed by atoms with Crippen molar-refractivity contribution in [3.05, 3.63) is 107 Å². The van der Waals surface area contributed by atoms with Gasteiger partial charge in [-0.05, 0) is 118 Å². The van der Waals surface area contributed by atoms with E-state index in [4.69, 9.17) is 21.9 Å². The lowest BCUT2D eigenvalue weighted by molar-refractivity contribution is 0.210. The molecule has 0 amide bonds. The molecule has 2 fully saturated rings. The minimum atomic E-state index is -0.0797. The summed E-state index contributed by atoms with van der Waals surface area (Å²) in [6.07, 6.45) is 7.00. The van der Waals surface area contributed by atoms with E-state index in [0.717, 1.165) is 30.0 Å². The first-order valence-corrected chi connectivity index (χ1v) is 13.9. The van der Waals surface area contributed by atoms with Crippen LogP contribution in [0.2, 0.25) is 0 Å². The number of ether oxygens (including phenoxy) is 1. The van der Waals surface area contributed by atoms with Gasteiger partial charge in [0.25, 0.3) is 0 Å². The highest BCUT2D eigenvalue weighted by atomic mass is 32.1. The summed E-state index contributed by atoms with van der Waals surface area (Å²) in [5.74, 6) is 0.925. The topological polar surface area (TPSA) is 42.3 Å². The molecule has 2 aromatic heterocycles. The fourth-order valence-corrected chi connectivity index (χ4v) is 6.45. The molecule has 4 aromatic rings. The van der Waals surface area contributed by atoms with Gasteiger partial charge in [0.2, 0.25) is 0 Å². The standard InChI is InChI=1S/C32H34N4OS/c1-21-10-4-7-14-29(21)35-22(2)20-27(23(35)3)31-30(28-13-8-9-19-33-28)34-32(38)36(31)24-15-17-26(18-16-24)37-25-11-5-6-12-25/h4,7-10,13-20,25,30-31H,5-6,11-12H2,1-3H3,(H,34,38)/t30-,31+/m1/s1. The van der Waals surface area contributed by atoms with Crippen LogP contribution in [-0.2, 0) is 0 Å². The van der Waals surface area contributed by atoms with E-state index < -0.39 is 0 Å². The molecule has 2 aliphatic rings. The molecular weight excluding hydrogens is 488 g/mol. The van der Waals surface area contributed by atoms with Gasteiger partial charge in [-0.15, -0.1) is 0 Å². The van der Waals surface area contributed by atoms with Crippen LogP contribution in [0, 0.1) is 20.8 Å². The first kappa shape index (κ1) is 24.7. The van der Waals surface area contributed by atoms with Crippen molar-refractivity contribution >= 4 is 23.0 Å². The Bertz CT molecular complexity index is 1440. The number of pyridine rings is 1. The van der Waals surface area contributed by atoms with Crippen molar-refractivity contribution in [2.24, 2.45) is 0 Å². The Morgan fingerprint density at radius 3 is 2.37 bits per heavy atom. The minimum Gasteiger partial charge on any atom is -0.490 e. The normalized spacial score (nSPS) is 19.7. The number of hydrogen-bond acceptors (Lipinski definition) is 3. The van der Waals surface area contributed by atoms with Crippen molar-refractivity contribution in [2.75, 3.05) is 4.90 Å². The molecule has 38 heavy (non-hydrogen) atoms. The number of hydrogen-bond donors (Lipinski definition) is 1. The predicted molar refractivity (Wildman–Crippen MR) is 157 cm³/mol. The molecule has 0 radical (unpaired) electrons. The van der Waals surface area contributed by atoms with Crippen molar-refractivity contribution in [3.63, 3.8) is 0 Å². The fraction of sp³-hybridized carbons (Fsp3) is 0.312. The van der Waals surface area contributed by atoms with Crippen LogP contribution >= 0.6 is 12.2 Å². The van der Waals surface area contributed by atoms with E-state index in [1.54, 1.807) is 0 Å². The van der Waals surface area contributed by atoms with Crippen molar-refractivity contribution < 1.29 is 4.74 Å². The average molecular weight is 523 g/mol. The lowest BCUT2D eigenvalue weighted by Crippen LogP contribution is -2.29. The Balaban J connectivity index is 1.42. The van der Waals surface area contributed by atoms with Crippen LogP contribution in [0.5, 0.6) is 5.75 Å². The summed E-state index contributed by atoms with van der Waals surface area (Å²) in [7, 11) is 0. The van der Waals surface area contributed by atoms with Crippen LogP contribution in [0.1, 0.15) is 66.0 Å². The molecule has 0 unspecified atom stereocenters. The molecule has 3 heterocycles. The van der Waals surface area contributed by atoms with E-state index in [0.29, 0.717) is 11.2 Å². The predicted octanol–water partition coefficient (Wildman–Crippen LogP) is 7.30. The zero-order valence-corrected chi connectivity index (χ0v) is 23.0. The largest absolute Gasteiger partial charge is 0.490 e. The first-order chi connectivity index (χ1) is 18.5. The lowest BCUT2D eigenvalue weighted by atomic mass is 9.96. The Labute approximate surface area is 230 Å². The Morgan fingerprint density at radius 1 is 0.921 bits per heavy atom. The maximum atomic E-state index is 6.24. The van der Waals surface area contributed by atoms with Crippen molar-refractivity contribution in [1.82, 2.24) is 14.9 Å². The van der Waals surface area contributed by atoms with Gasteiger partial charge in [0.1, 0.15) is 5.75 Å². The summed E-state index contributed by atoms with van der Waals surface area (Å²) >= 11 is 5.97. The van der Waals surface area contributed by atoms with E-state index in [1.165, 1.54) is 41.0 Å². The second-order valence-electron chi connectivity index (χ2n) is 10.5. The van der Waals surface area contributed by atoms with Crippen LogP contribution in [0.15, 0.2) is 79.0 Å². The van der Waals surface area contributed by atoms with Gasteiger partial charge in [-0.25, -0.2) is 0 Å². The van der Waals surface area contributed by atoms with Crippen molar-refractivity contribution in [2.45, 2.75) is 64.6 Å². The molecular formula is C32H34N4OS. The van der Waals surface area contributed by atoms with E-state index in [9.17, 15) is 0 Å². The summed E-state index contributed by atoms with van der Waals surface area (Å²) < 4.78 is 8.60. The zero-order chi connectivity index (χ0) is 26.2. The molecule has 194 valence electrons. The van der Waals surface area contributed by atoms with Crippen molar-refractivity contribution in [1.29, 1.82) is 0 Å². The van der Waals surface area contributed by atoms with Gasteiger partial charge in [-0.3, -0.25) is 4.98 Å². The maximum Gasteiger partial charge on any atom is 0.174 e. The smallest absolute Gasteiger partial charge is 0.174 e. The van der Waals surface area contributed by atoms with Gasteiger partial charge in [-0.1, -0.05) is 24.3 Å². The first-order valence-electron chi connectivity index (χ1n) is 13.5. The quantitative estimate of drug-likeness (QED) is 0.269. The molecule has 1 saturated carbocycles. The summed E-state index contributed by atoms with van der Waals surface area (Å²) in [4.78, 5) is 6.97. The second kappa shape index (κ2) is 10.3. The van der Waals surface area contributed by atoms with Crippen LogP contribution in [0.3, 0.4) is 0 Å². The number of anilines is 1. The van der Waals surface area contributed by atoms with Gasteiger partial charge in [0.05, 0.1) is 23.9 Å². The van der Waals surface area contributed by atoms with Crippen LogP contribution in [0.4, 0.5) is 5.69 Å². The van der Waals surface area contributed by atoms with E-state index in [2.05, 4.69) is 96.2 Å². The molecule has 0 spiro atoms. The van der Waals surface area contributed by atoms with Gasteiger partial charge >= 0.3 is 0 Å². The van der Waals surface area contributed by atoms with Gasteiger partial charge in [0.15, 0.2) is 5.11 Å². The third-order valence-electron chi connectivity index (χ3n) is 7.96. The third-order valence-corrected chi connectivity index (χ3v) is 8.28. The van der Waals surface area contributed by atoms with Gasteiger partial charge in [0, 0.05) is 29.0 Å². The Morgan fingerprint density at radius 2 is 1.66 bits per heavy atom. The molecule has 1 N–H and O–H groups in total. The average Bonchev–Trinajstić information content (AvgIpc) is 3.63. The Hall–Kier alpha value is -3.64. The third kappa shape index (κ3) is 4.47. The highest BCUT2D eigenvalue weighted by Gasteiger charge is 2.42. The van der Waals surface area contributed by atoms with E-state index in [-0.39, 0.29) is 12.1 Å². The highest BCUT2D eigenvalue weighted by Crippen LogP contribution is 2.44. The summed E-state index contributed by atoms with van der Waals surface area (Å²) in [6, 6.07) is 25.2. The van der Waals surface area contributed by atoms with E-state index >= 15 is 0 Å². The van der Waals surface area contributed by atoms with Crippen molar-refractivity contribution in [3.8, 4) is 11.4 Å². The van der Waals surface area contributed by atoms with E-state index in [1.807, 2.05) is 18.3 Å². The molecule has 2 aromatic carbocycles. The minimum absolute atomic E-state index is 0.0528. The molecule has 1 aliphatic carbocycles. The SMILES string of the molecule is Cc1ccccc1-n1c(C)cc([C@H]2[C@@H](c3ccccn3)NC(=S)N2c2ccc(OC3CCCC3)cc2)c1C. The number of thiocarbonyl (C=S) groups is 1. The molecule has 0 bridgehead atoms. The highest BCUT2D eigenvalue weighted by molar-refractivity contribution is 7.80. The second-order valence-corrected chi connectivity index (χ2v) is 10.8. The van der Waals surface area contributed by atoms with Crippen LogP contribution in [-0.4, -0.2) is 20.8 Å². The fourth-order valence-electron chi connectivity index (χ4n) is 6.11. The summed E-state index contributed by atoms with van der Waals surface area (Å²) in [5, 5.41) is 4.31. The van der Waals surface area contributed by atoms with Crippen LogP contribution < -0.4 is 15.0 Å². The number of nitrogens with zero attached hydrogens (tertiary/aromatic N) is 3. The molecule has 6 rings (SSSR count). The lowest BCUT2D eigenvalue weighted by Gasteiger charge is -2.28. The molecule has 5 nitrogen and oxygen atoms in total. The summed E-state index contributed by atoms with van der Waals surface area (Å²) in [5.41, 5.74) is 8.12. The molecule has 1 aliphatic heterocycles. The number of nitrogens with one attached hydrogen (secondary N) is 1. The summed E-state index contributed by atoms with van der Waals surface area (Å²) in [6.45, 7) is 6.56. The van der Waals surface area contributed by atoms with Gasteiger partial charge < -0.3 is 19.5 Å². The number of aromatic nitrogens is 2. The molecule has 6 heteroatoms. The molecule has 1 saturated heterocycles. The zero-order valence-electron chi connectivity index (χ0n) is 22.2. The monoisotopic (exact) mass is 522 g/mol. The number of rotatable bonds is 6.